The Labute approximate surface area is 254 Å². The molecular formula is C30H48N8O3S. The summed E-state index contributed by atoms with van der Waals surface area (Å²) in [6, 6.07) is 8.96. The van der Waals surface area contributed by atoms with Gasteiger partial charge in [-0.1, -0.05) is 52.6 Å². The van der Waals surface area contributed by atoms with Crippen LogP contribution in [0.4, 0.5) is 17.1 Å². The predicted octanol–water partition coefficient (Wildman–Crippen LogP) is 3.71. The van der Waals surface area contributed by atoms with Gasteiger partial charge in [0.25, 0.3) is 11.8 Å². The average Bonchev–Trinajstić information content (AvgIpc) is 2.89. The van der Waals surface area contributed by atoms with Gasteiger partial charge in [-0.2, -0.15) is 0 Å². The first-order valence-corrected chi connectivity index (χ1v) is 14.8. The van der Waals surface area contributed by atoms with Gasteiger partial charge in [0.05, 0.1) is 24.2 Å². The second-order valence-corrected chi connectivity index (χ2v) is 13.0. The monoisotopic (exact) mass is 600 g/mol. The summed E-state index contributed by atoms with van der Waals surface area (Å²) in [5.41, 5.74) is 15.5. The number of rotatable bonds is 12. The van der Waals surface area contributed by atoms with E-state index in [-0.39, 0.29) is 28.3 Å². The van der Waals surface area contributed by atoms with E-state index in [1.807, 2.05) is 58.2 Å². The number of nitrogens with one attached hydrogen (secondary N) is 3. The minimum atomic E-state index is -0.526. The number of ether oxygens (including phenoxy) is 1. The lowest BCUT2D eigenvalue weighted by atomic mass is 9.86. The highest BCUT2D eigenvalue weighted by Gasteiger charge is 2.24. The van der Waals surface area contributed by atoms with Crippen molar-refractivity contribution in [2.24, 2.45) is 22.7 Å². The molecule has 2 amide bonds. The minimum Gasteiger partial charge on any atom is -0.492 e. The van der Waals surface area contributed by atoms with Gasteiger partial charge in [-0.3, -0.25) is 14.6 Å². The Morgan fingerprint density at radius 2 is 1.64 bits per heavy atom. The molecule has 0 bridgehead atoms. The molecule has 11 nitrogen and oxygen atoms in total. The molecule has 2 aromatic carbocycles. The third kappa shape index (κ3) is 8.94. The number of hydrazine groups is 1. The molecule has 0 aromatic heterocycles. The molecule has 0 saturated heterocycles. The largest absolute Gasteiger partial charge is 0.492 e. The van der Waals surface area contributed by atoms with Crippen LogP contribution in [-0.2, 0) is 10.2 Å². The molecule has 0 radical (unpaired) electrons. The van der Waals surface area contributed by atoms with E-state index in [1.54, 1.807) is 25.3 Å². The van der Waals surface area contributed by atoms with Gasteiger partial charge in [0.2, 0.25) is 0 Å². The highest BCUT2D eigenvalue weighted by atomic mass is 32.2. The molecule has 0 spiro atoms. The number of amides is 2. The number of carbonyl (C=O) groups excluding carboxylic acids is 2. The van der Waals surface area contributed by atoms with Gasteiger partial charge in [-0.05, 0) is 67.2 Å². The average molecular weight is 601 g/mol. The Bertz CT molecular complexity index is 1320. The van der Waals surface area contributed by atoms with Gasteiger partial charge in [0.15, 0.2) is 5.75 Å². The number of carbonyl (C=O) groups is 2. The van der Waals surface area contributed by atoms with E-state index in [0.717, 1.165) is 28.4 Å². The van der Waals surface area contributed by atoms with Gasteiger partial charge in [0.1, 0.15) is 11.5 Å². The van der Waals surface area contributed by atoms with Crippen molar-refractivity contribution in [3.8, 4) is 5.75 Å². The quantitative estimate of drug-likeness (QED) is 0.0916. The van der Waals surface area contributed by atoms with Gasteiger partial charge in [0, 0.05) is 24.9 Å². The van der Waals surface area contributed by atoms with Crippen molar-refractivity contribution in [1.29, 1.82) is 0 Å². The van der Waals surface area contributed by atoms with Gasteiger partial charge in [-0.25, -0.2) is 5.84 Å². The van der Waals surface area contributed by atoms with Crippen LogP contribution in [0.15, 0.2) is 41.8 Å². The molecule has 0 fully saturated rings. The first-order chi connectivity index (χ1) is 19.4. The van der Waals surface area contributed by atoms with Crippen molar-refractivity contribution >= 4 is 40.8 Å². The Hall–Kier alpha value is -3.61. The Morgan fingerprint density at radius 1 is 1.02 bits per heavy atom. The first-order valence-electron chi connectivity index (χ1n) is 13.6. The number of benzene rings is 2. The van der Waals surface area contributed by atoms with Crippen LogP contribution in [0.5, 0.6) is 5.75 Å². The molecule has 0 aliphatic heterocycles. The Kier molecular flexibility index (Phi) is 11.6. The third-order valence-electron chi connectivity index (χ3n) is 6.60. The van der Waals surface area contributed by atoms with E-state index in [9.17, 15) is 9.59 Å². The van der Waals surface area contributed by atoms with Crippen LogP contribution in [0.25, 0.3) is 0 Å². The van der Waals surface area contributed by atoms with Crippen molar-refractivity contribution in [3.05, 3.63) is 58.5 Å². The van der Waals surface area contributed by atoms with Crippen molar-refractivity contribution in [3.63, 3.8) is 0 Å². The van der Waals surface area contributed by atoms with E-state index in [1.165, 1.54) is 11.9 Å². The number of hydrogen-bond donors (Lipinski definition) is 6. The molecule has 0 unspecified atom stereocenters. The van der Waals surface area contributed by atoms with Crippen LogP contribution in [0.3, 0.4) is 0 Å². The Morgan fingerprint density at radius 3 is 2.19 bits per heavy atom. The molecule has 42 heavy (non-hydrogen) atoms. The number of anilines is 3. The summed E-state index contributed by atoms with van der Waals surface area (Å²) in [5.74, 6) is 5.81. The topological polar surface area (TPSA) is 164 Å². The lowest BCUT2D eigenvalue weighted by molar-refractivity contribution is -0.118. The highest BCUT2D eigenvalue weighted by molar-refractivity contribution is 7.99. The van der Waals surface area contributed by atoms with Crippen molar-refractivity contribution in [2.45, 2.75) is 47.0 Å². The SMILES string of the molecule is COc1c(NSC)cc(C(C)(C)C)cc1NC(=O)c1ccc(C)c(N(N)/C(N)=C(\N)C(=O)NCC(C)(C)CN(C)C)c1. The predicted molar refractivity (Wildman–Crippen MR) is 175 cm³/mol. The second kappa shape index (κ2) is 14.0. The molecule has 2 aromatic rings. The maximum atomic E-state index is 13.5. The van der Waals surface area contributed by atoms with Crippen LogP contribution < -0.4 is 42.4 Å². The maximum absolute atomic E-state index is 13.5. The third-order valence-corrected chi connectivity index (χ3v) is 7.03. The zero-order valence-corrected chi connectivity index (χ0v) is 27.4. The lowest BCUT2D eigenvalue weighted by Crippen LogP contribution is -2.44. The number of nitrogens with two attached hydrogens (primary N) is 3. The summed E-state index contributed by atoms with van der Waals surface area (Å²) in [6.45, 7) is 13.4. The van der Waals surface area contributed by atoms with Crippen molar-refractivity contribution in [1.82, 2.24) is 10.2 Å². The van der Waals surface area contributed by atoms with E-state index in [4.69, 9.17) is 22.0 Å². The molecule has 0 atom stereocenters. The van der Waals surface area contributed by atoms with Gasteiger partial charge in [-0.15, -0.1) is 0 Å². The lowest BCUT2D eigenvalue weighted by Gasteiger charge is -2.28. The normalized spacial score (nSPS) is 12.5. The molecule has 9 N–H and O–H groups in total. The fourth-order valence-corrected chi connectivity index (χ4v) is 4.84. The molecular weight excluding hydrogens is 552 g/mol. The minimum absolute atomic E-state index is 0.133. The highest BCUT2D eigenvalue weighted by Crippen LogP contribution is 2.39. The fourth-order valence-electron chi connectivity index (χ4n) is 4.47. The number of aryl methyl sites for hydroxylation is 1. The van der Waals surface area contributed by atoms with Gasteiger partial charge >= 0.3 is 0 Å². The summed E-state index contributed by atoms with van der Waals surface area (Å²) in [6.07, 6.45) is 1.91. The summed E-state index contributed by atoms with van der Waals surface area (Å²) >= 11 is 1.43. The second-order valence-electron chi connectivity index (χ2n) is 12.4. The van der Waals surface area contributed by atoms with E-state index >= 15 is 0 Å². The molecule has 2 rings (SSSR count). The number of nitrogens with zero attached hydrogens (tertiary/aromatic N) is 2. The summed E-state index contributed by atoms with van der Waals surface area (Å²) in [5, 5.41) is 6.93. The smallest absolute Gasteiger partial charge is 0.270 e. The van der Waals surface area contributed by atoms with Crippen LogP contribution in [0, 0.1) is 12.3 Å². The number of methoxy groups -OCH3 is 1. The zero-order valence-electron chi connectivity index (χ0n) is 26.6. The van der Waals surface area contributed by atoms with Crippen LogP contribution in [0.1, 0.15) is 56.1 Å². The van der Waals surface area contributed by atoms with Crippen molar-refractivity contribution < 1.29 is 14.3 Å². The summed E-state index contributed by atoms with van der Waals surface area (Å²) < 4.78 is 8.89. The molecule has 12 heteroatoms. The number of hydrogen-bond acceptors (Lipinski definition) is 10. The molecule has 0 aliphatic carbocycles. The standard InChI is InChI=1S/C30H48N8O3S/c1-18-11-12-19(27(39)35-21-14-20(29(2,3)4)15-22(36-42-10)25(21)41-9)13-23(18)38(33)26(32)24(31)28(40)34-16-30(5,6)17-37(7)8/h11-15,36H,16-17,31-33H2,1-10H3,(H,34,40)(H,35,39)/b26-24-. The maximum Gasteiger partial charge on any atom is 0.270 e. The first kappa shape index (κ1) is 34.6. The van der Waals surface area contributed by atoms with Crippen molar-refractivity contribution in [2.75, 3.05) is 55.6 Å². The Balaban J connectivity index is 2.37. The molecule has 0 aliphatic rings. The van der Waals surface area contributed by atoms with E-state index < -0.39 is 5.91 Å². The summed E-state index contributed by atoms with van der Waals surface area (Å²) in [4.78, 5) is 28.3. The van der Waals surface area contributed by atoms with E-state index in [0.29, 0.717) is 29.2 Å². The van der Waals surface area contributed by atoms with Crippen LogP contribution >= 0.6 is 11.9 Å². The zero-order chi connectivity index (χ0) is 32.0. The van der Waals surface area contributed by atoms with Gasteiger partial charge < -0.3 is 36.5 Å². The molecule has 232 valence electrons. The van der Waals surface area contributed by atoms with E-state index in [2.05, 4.69) is 36.1 Å². The van der Waals surface area contributed by atoms with Crippen LogP contribution in [0.2, 0.25) is 0 Å². The molecule has 0 saturated carbocycles. The fraction of sp³-hybridized carbons (Fsp3) is 0.467. The van der Waals surface area contributed by atoms with Crippen LogP contribution in [-0.4, -0.2) is 57.3 Å². The summed E-state index contributed by atoms with van der Waals surface area (Å²) in [7, 11) is 5.50. The molecule has 0 heterocycles.